The van der Waals surface area contributed by atoms with Gasteiger partial charge in [0.1, 0.15) is 12.4 Å². The van der Waals surface area contributed by atoms with E-state index in [1.807, 2.05) is 18.5 Å². The number of guanidine groups is 1. The molecule has 32 heavy (non-hydrogen) atoms. The maximum absolute atomic E-state index is 5.44. The Balaban J connectivity index is 0.00000363. The fraction of sp³-hybridized carbons (Fsp3) is 0.864. The third-order valence-electron chi connectivity index (χ3n) is 6.74. The first-order valence-corrected chi connectivity index (χ1v) is 11.8. The van der Waals surface area contributed by atoms with Crippen molar-refractivity contribution in [1.29, 1.82) is 0 Å². The van der Waals surface area contributed by atoms with Gasteiger partial charge in [-0.2, -0.15) is 0 Å². The Hall–Kier alpha value is -0.980. The highest BCUT2D eigenvalue weighted by Crippen LogP contribution is 2.40. The normalized spacial score (nSPS) is 19.0. The van der Waals surface area contributed by atoms with Gasteiger partial charge in [0, 0.05) is 46.9 Å². The molecule has 1 aliphatic heterocycles. The number of aromatic nitrogens is 3. The van der Waals surface area contributed by atoms with E-state index in [4.69, 9.17) is 14.5 Å². The fourth-order valence-corrected chi connectivity index (χ4v) is 4.48. The molecule has 0 atom stereocenters. The molecule has 2 N–H and O–H groups in total. The summed E-state index contributed by atoms with van der Waals surface area (Å²) in [5.41, 5.74) is 0.313. The second-order valence-corrected chi connectivity index (χ2v) is 8.93. The lowest BCUT2D eigenvalue weighted by Gasteiger charge is -2.30. The average Bonchev–Trinajstić information content (AvgIpc) is 3.39. The molecule has 1 saturated heterocycles. The molecule has 0 spiro atoms. The zero-order valence-electron chi connectivity index (χ0n) is 20.1. The zero-order chi connectivity index (χ0) is 21.9. The molecule has 2 heterocycles. The number of rotatable bonds is 11. The smallest absolute Gasteiger partial charge is 0.191 e. The van der Waals surface area contributed by atoms with E-state index in [1.165, 1.54) is 25.7 Å². The number of ether oxygens (including phenoxy) is 2. The van der Waals surface area contributed by atoms with Gasteiger partial charge in [-0.25, -0.2) is 4.99 Å². The van der Waals surface area contributed by atoms with E-state index in [9.17, 15) is 0 Å². The molecule has 0 amide bonds. The molecular weight excluding hydrogens is 521 g/mol. The third kappa shape index (κ3) is 8.42. The molecule has 184 valence electrons. The van der Waals surface area contributed by atoms with Gasteiger partial charge in [-0.15, -0.1) is 34.2 Å². The second-order valence-electron chi connectivity index (χ2n) is 8.93. The molecule has 1 aliphatic carbocycles. The third-order valence-corrected chi connectivity index (χ3v) is 6.74. The van der Waals surface area contributed by atoms with Crippen molar-refractivity contribution in [3.05, 3.63) is 11.6 Å². The first-order chi connectivity index (χ1) is 15.1. The van der Waals surface area contributed by atoms with Gasteiger partial charge in [0.05, 0.1) is 13.2 Å². The van der Waals surface area contributed by atoms with E-state index in [-0.39, 0.29) is 24.0 Å². The standard InChI is InChI=1S/C22H41N7O2.HI/c1-19-26-27-20(28(19)2)17-24-21(23-10-6-11-29-12-15-31-16-13-29)25-18-22(9-14-30-3)7-4-5-8-22;/h4-18H2,1-3H3,(H2,23,24,25);1H. The summed E-state index contributed by atoms with van der Waals surface area (Å²) in [6, 6.07) is 0. The van der Waals surface area contributed by atoms with Gasteiger partial charge in [0.15, 0.2) is 11.8 Å². The average molecular weight is 564 g/mol. The van der Waals surface area contributed by atoms with Crippen molar-refractivity contribution in [2.24, 2.45) is 17.5 Å². The predicted molar refractivity (Wildman–Crippen MR) is 138 cm³/mol. The minimum absolute atomic E-state index is 0. The first kappa shape index (κ1) is 27.3. The number of aliphatic imine (C=N–C) groups is 1. The summed E-state index contributed by atoms with van der Waals surface area (Å²) in [6.07, 6.45) is 7.32. The largest absolute Gasteiger partial charge is 0.385 e. The van der Waals surface area contributed by atoms with E-state index in [0.29, 0.717) is 12.0 Å². The molecule has 0 unspecified atom stereocenters. The van der Waals surface area contributed by atoms with Gasteiger partial charge in [-0.1, -0.05) is 12.8 Å². The van der Waals surface area contributed by atoms with Crippen molar-refractivity contribution in [3.8, 4) is 0 Å². The molecule has 9 nitrogen and oxygen atoms in total. The first-order valence-electron chi connectivity index (χ1n) is 11.8. The van der Waals surface area contributed by atoms with Crippen molar-refractivity contribution in [2.45, 2.75) is 52.0 Å². The highest BCUT2D eigenvalue weighted by atomic mass is 127. The van der Waals surface area contributed by atoms with Crippen LogP contribution in [0.4, 0.5) is 0 Å². The van der Waals surface area contributed by atoms with Crippen molar-refractivity contribution >= 4 is 29.9 Å². The summed E-state index contributed by atoms with van der Waals surface area (Å²) in [5.74, 6) is 2.65. The Labute approximate surface area is 210 Å². The number of hydrogen-bond donors (Lipinski definition) is 2. The van der Waals surface area contributed by atoms with Crippen LogP contribution in [0.2, 0.25) is 0 Å². The molecule has 3 rings (SSSR count). The quantitative estimate of drug-likeness (QED) is 0.185. The molecule has 1 saturated carbocycles. The number of nitrogens with zero attached hydrogens (tertiary/aromatic N) is 5. The molecule has 1 aromatic heterocycles. The summed E-state index contributed by atoms with van der Waals surface area (Å²) in [6.45, 7) is 9.98. The van der Waals surface area contributed by atoms with Gasteiger partial charge < -0.3 is 24.7 Å². The Morgan fingerprint density at radius 1 is 1.19 bits per heavy atom. The van der Waals surface area contributed by atoms with Gasteiger partial charge >= 0.3 is 0 Å². The van der Waals surface area contributed by atoms with E-state index < -0.39 is 0 Å². The number of halogens is 1. The molecule has 10 heteroatoms. The Kier molecular flexibility index (Phi) is 12.2. The zero-order valence-corrected chi connectivity index (χ0v) is 22.4. The molecule has 2 fully saturated rings. The van der Waals surface area contributed by atoms with Gasteiger partial charge in [0.2, 0.25) is 0 Å². The summed E-state index contributed by atoms with van der Waals surface area (Å²) >= 11 is 0. The molecule has 1 aromatic rings. The second kappa shape index (κ2) is 14.3. The molecule has 0 aromatic carbocycles. The van der Waals surface area contributed by atoms with Gasteiger partial charge in [-0.3, -0.25) is 4.90 Å². The van der Waals surface area contributed by atoms with Crippen molar-refractivity contribution in [3.63, 3.8) is 0 Å². The van der Waals surface area contributed by atoms with Gasteiger partial charge in [-0.05, 0) is 44.6 Å². The van der Waals surface area contributed by atoms with Crippen molar-refractivity contribution in [2.75, 3.05) is 59.7 Å². The maximum Gasteiger partial charge on any atom is 0.191 e. The Bertz CT molecular complexity index is 686. The van der Waals surface area contributed by atoms with Crippen LogP contribution < -0.4 is 10.6 Å². The number of nitrogens with one attached hydrogen (secondary N) is 2. The molecular formula is C22H42IN7O2. The van der Waals surface area contributed by atoms with Crippen LogP contribution in [0.5, 0.6) is 0 Å². The number of hydrogen-bond acceptors (Lipinski definition) is 6. The van der Waals surface area contributed by atoms with E-state index in [1.54, 1.807) is 7.11 Å². The van der Waals surface area contributed by atoms with E-state index >= 15 is 0 Å². The lowest BCUT2D eigenvalue weighted by Crippen LogP contribution is -2.44. The predicted octanol–water partition coefficient (Wildman–Crippen LogP) is 2.10. The topological polar surface area (TPSA) is 88.8 Å². The lowest BCUT2D eigenvalue weighted by atomic mass is 9.83. The fourth-order valence-electron chi connectivity index (χ4n) is 4.48. The van der Waals surface area contributed by atoms with Crippen LogP contribution in [-0.4, -0.2) is 85.3 Å². The van der Waals surface area contributed by atoms with E-state index in [2.05, 4.69) is 25.7 Å². The number of aryl methyl sites for hydroxylation is 1. The minimum atomic E-state index is 0. The van der Waals surface area contributed by atoms with Crippen molar-refractivity contribution < 1.29 is 9.47 Å². The van der Waals surface area contributed by atoms with E-state index in [0.717, 1.165) is 83.0 Å². The van der Waals surface area contributed by atoms with Crippen LogP contribution in [0.3, 0.4) is 0 Å². The Morgan fingerprint density at radius 2 is 1.94 bits per heavy atom. The van der Waals surface area contributed by atoms with Crippen molar-refractivity contribution in [1.82, 2.24) is 30.3 Å². The van der Waals surface area contributed by atoms with Crippen LogP contribution in [0.1, 0.15) is 50.2 Å². The highest BCUT2D eigenvalue weighted by molar-refractivity contribution is 14.0. The minimum Gasteiger partial charge on any atom is -0.385 e. The van der Waals surface area contributed by atoms with Crippen LogP contribution in [-0.2, 0) is 23.1 Å². The summed E-state index contributed by atoms with van der Waals surface area (Å²) in [7, 11) is 3.78. The number of morpholine rings is 1. The van der Waals surface area contributed by atoms with Crippen LogP contribution in [0.25, 0.3) is 0 Å². The summed E-state index contributed by atoms with van der Waals surface area (Å²) in [5, 5.41) is 15.6. The summed E-state index contributed by atoms with van der Waals surface area (Å²) in [4.78, 5) is 7.30. The molecule has 0 radical (unpaired) electrons. The van der Waals surface area contributed by atoms with Crippen LogP contribution in [0.15, 0.2) is 4.99 Å². The SMILES string of the molecule is COCCC1(CNC(=NCc2nnc(C)n2C)NCCCN2CCOCC2)CCCC1.I. The molecule has 2 aliphatic rings. The number of methoxy groups -OCH3 is 1. The maximum atomic E-state index is 5.44. The van der Waals surface area contributed by atoms with Crippen LogP contribution >= 0.6 is 24.0 Å². The molecule has 0 bridgehead atoms. The monoisotopic (exact) mass is 563 g/mol. The highest BCUT2D eigenvalue weighted by Gasteiger charge is 2.33. The van der Waals surface area contributed by atoms with Gasteiger partial charge in [0.25, 0.3) is 0 Å². The lowest BCUT2D eigenvalue weighted by molar-refractivity contribution is 0.0376. The summed E-state index contributed by atoms with van der Waals surface area (Å²) < 4.78 is 12.8. The Morgan fingerprint density at radius 3 is 2.59 bits per heavy atom. The van der Waals surface area contributed by atoms with Crippen LogP contribution in [0, 0.1) is 12.3 Å².